The van der Waals surface area contributed by atoms with Gasteiger partial charge in [-0.15, -0.1) is 0 Å². The molecule has 0 saturated heterocycles. The first kappa shape index (κ1) is 9.54. The summed E-state index contributed by atoms with van der Waals surface area (Å²) in [6, 6.07) is 3.27. The van der Waals surface area contributed by atoms with Crippen molar-refractivity contribution in [3.05, 3.63) is 0 Å². The van der Waals surface area contributed by atoms with Crippen LogP contribution in [-0.2, 0) is 0 Å². The Balaban J connectivity index is 2.27. The van der Waals surface area contributed by atoms with Crippen molar-refractivity contribution in [1.29, 1.82) is 5.26 Å². The van der Waals surface area contributed by atoms with Crippen LogP contribution < -0.4 is 5.32 Å². The monoisotopic (exact) mass is 166 g/mol. The minimum absolute atomic E-state index is 0.123. The topological polar surface area (TPSA) is 35.8 Å². The van der Waals surface area contributed by atoms with Crippen LogP contribution in [0.2, 0.25) is 0 Å². The molecule has 0 spiro atoms. The summed E-state index contributed by atoms with van der Waals surface area (Å²) in [5.41, 5.74) is 0. The Kier molecular flexibility index (Phi) is 3.11. The van der Waals surface area contributed by atoms with Gasteiger partial charge in [0, 0.05) is 12.1 Å². The lowest BCUT2D eigenvalue weighted by molar-refractivity contribution is 0.204. The number of nitrogens with zero attached hydrogens (tertiary/aromatic N) is 1. The molecule has 0 aromatic rings. The molecule has 68 valence electrons. The second-order valence-corrected chi connectivity index (χ2v) is 4.03. The Morgan fingerprint density at radius 1 is 1.42 bits per heavy atom. The van der Waals surface area contributed by atoms with E-state index in [2.05, 4.69) is 25.2 Å². The van der Waals surface area contributed by atoms with Crippen LogP contribution in [0.15, 0.2) is 0 Å². The third-order valence-corrected chi connectivity index (χ3v) is 3.05. The molecular weight excluding hydrogens is 148 g/mol. The van der Waals surface area contributed by atoms with Gasteiger partial charge in [0.1, 0.15) is 0 Å². The second kappa shape index (κ2) is 3.91. The highest BCUT2D eigenvalue weighted by atomic mass is 15.0. The van der Waals surface area contributed by atoms with Crippen LogP contribution in [0.25, 0.3) is 0 Å². The molecule has 1 rings (SSSR count). The van der Waals surface area contributed by atoms with Crippen molar-refractivity contribution in [1.82, 2.24) is 5.32 Å². The van der Waals surface area contributed by atoms with Crippen molar-refractivity contribution in [3.8, 4) is 6.07 Å². The molecule has 1 fully saturated rings. The van der Waals surface area contributed by atoms with Crippen LogP contribution in [0.1, 0.15) is 33.6 Å². The SMILES string of the molecule is CC(C#N)C(C)NC1CCC1C. The Labute approximate surface area is 75.0 Å². The molecule has 0 aliphatic heterocycles. The van der Waals surface area contributed by atoms with E-state index in [0.717, 1.165) is 5.92 Å². The van der Waals surface area contributed by atoms with Gasteiger partial charge in [-0.2, -0.15) is 5.26 Å². The number of hydrogen-bond acceptors (Lipinski definition) is 2. The molecule has 1 N–H and O–H groups in total. The molecule has 0 aromatic heterocycles. The summed E-state index contributed by atoms with van der Waals surface area (Å²) < 4.78 is 0. The summed E-state index contributed by atoms with van der Waals surface area (Å²) in [5.74, 6) is 0.927. The maximum Gasteiger partial charge on any atom is 0.0669 e. The van der Waals surface area contributed by atoms with E-state index < -0.39 is 0 Å². The summed E-state index contributed by atoms with van der Waals surface area (Å²) in [5, 5.41) is 12.2. The lowest BCUT2D eigenvalue weighted by atomic mass is 9.80. The zero-order valence-corrected chi connectivity index (χ0v) is 8.17. The smallest absolute Gasteiger partial charge is 0.0669 e. The molecule has 4 unspecified atom stereocenters. The average Bonchev–Trinajstić information content (AvgIpc) is 2.09. The lowest BCUT2D eigenvalue weighted by Crippen LogP contribution is -2.48. The van der Waals surface area contributed by atoms with Crippen molar-refractivity contribution < 1.29 is 0 Å². The highest BCUT2D eigenvalue weighted by Gasteiger charge is 2.28. The van der Waals surface area contributed by atoms with Gasteiger partial charge in [-0.1, -0.05) is 6.92 Å². The van der Waals surface area contributed by atoms with Gasteiger partial charge in [0.15, 0.2) is 0 Å². The average molecular weight is 166 g/mol. The van der Waals surface area contributed by atoms with Crippen LogP contribution in [0, 0.1) is 23.2 Å². The van der Waals surface area contributed by atoms with Crippen LogP contribution >= 0.6 is 0 Å². The molecule has 1 aliphatic rings. The molecule has 0 radical (unpaired) electrons. The van der Waals surface area contributed by atoms with E-state index in [4.69, 9.17) is 5.26 Å². The van der Waals surface area contributed by atoms with E-state index >= 15 is 0 Å². The molecule has 0 heterocycles. The summed E-state index contributed by atoms with van der Waals surface area (Å²) in [4.78, 5) is 0. The Morgan fingerprint density at radius 2 is 2.08 bits per heavy atom. The molecule has 2 nitrogen and oxygen atoms in total. The van der Waals surface area contributed by atoms with Crippen LogP contribution in [-0.4, -0.2) is 12.1 Å². The summed E-state index contributed by atoms with van der Waals surface area (Å²) in [6.07, 6.45) is 2.62. The zero-order valence-electron chi connectivity index (χ0n) is 8.17. The predicted molar refractivity (Wildman–Crippen MR) is 49.6 cm³/mol. The molecule has 0 amide bonds. The van der Waals surface area contributed by atoms with Gasteiger partial charge in [-0.25, -0.2) is 0 Å². The Bertz CT molecular complexity index is 183. The third kappa shape index (κ3) is 1.98. The van der Waals surface area contributed by atoms with E-state index in [1.165, 1.54) is 12.8 Å². The fraction of sp³-hybridized carbons (Fsp3) is 0.900. The minimum atomic E-state index is 0.123. The van der Waals surface area contributed by atoms with Crippen molar-refractivity contribution in [2.45, 2.75) is 45.7 Å². The molecule has 12 heavy (non-hydrogen) atoms. The lowest BCUT2D eigenvalue weighted by Gasteiger charge is -2.37. The van der Waals surface area contributed by atoms with Crippen molar-refractivity contribution >= 4 is 0 Å². The van der Waals surface area contributed by atoms with Crippen LogP contribution in [0.4, 0.5) is 0 Å². The van der Waals surface area contributed by atoms with Crippen molar-refractivity contribution in [2.24, 2.45) is 11.8 Å². The van der Waals surface area contributed by atoms with Crippen LogP contribution in [0.5, 0.6) is 0 Å². The van der Waals surface area contributed by atoms with Crippen LogP contribution in [0.3, 0.4) is 0 Å². The summed E-state index contributed by atoms with van der Waals surface area (Å²) in [6.45, 7) is 6.34. The number of nitrogens with one attached hydrogen (secondary N) is 1. The van der Waals surface area contributed by atoms with Gasteiger partial charge in [-0.05, 0) is 32.6 Å². The summed E-state index contributed by atoms with van der Waals surface area (Å²) >= 11 is 0. The second-order valence-electron chi connectivity index (χ2n) is 4.03. The molecule has 0 bridgehead atoms. The van der Waals surface area contributed by atoms with E-state index in [1.807, 2.05) is 6.92 Å². The number of rotatable bonds is 3. The molecule has 0 aromatic carbocycles. The molecule has 1 saturated carbocycles. The molecule has 1 aliphatic carbocycles. The summed E-state index contributed by atoms with van der Waals surface area (Å²) in [7, 11) is 0. The van der Waals surface area contributed by atoms with Crippen molar-refractivity contribution in [3.63, 3.8) is 0 Å². The van der Waals surface area contributed by atoms with Gasteiger partial charge in [0.05, 0.1) is 12.0 Å². The normalized spacial score (nSPS) is 33.2. The standard InChI is InChI=1S/C10H18N2/c1-7-4-5-10(7)12-9(3)8(2)6-11/h7-10,12H,4-5H2,1-3H3. The zero-order chi connectivity index (χ0) is 9.14. The highest BCUT2D eigenvalue weighted by Crippen LogP contribution is 2.27. The fourth-order valence-electron chi connectivity index (χ4n) is 1.51. The first-order chi connectivity index (χ1) is 5.65. The maximum absolute atomic E-state index is 8.68. The maximum atomic E-state index is 8.68. The Hall–Kier alpha value is -0.550. The number of nitriles is 1. The van der Waals surface area contributed by atoms with Crippen molar-refractivity contribution in [2.75, 3.05) is 0 Å². The third-order valence-electron chi connectivity index (χ3n) is 3.05. The highest BCUT2D eigenvalue weighted by molar-refractivity contribution is 4.92. The molecule has 2 heteroatoms. The van der Waals surface area contributed by atoms with Gasteiger partial charge in [0.2, 0.25) is 0 Å². The minimum Gasteiger partial charge on any atom is -0.310 e. The van der Waals surface area contributed by atoms with Gasteiger partial charge in [0.25, 0.3) is 0 Å². The first-order valence-electron chi connectivity index (χ1n) is 4.80. The van der Waals surface area contributed by atoms with E-state index in [0.29, 0.717) is 12.1 Å². The van der Waals surface area contributed by atoms with E-state index in [1.54, 1.807) is 0 Å². The largest absolute Gasteiger partial charge is 0.310 e. The van der Waals surface area contributed by atoms with E-state index in [9.17, 15) is 0 Å². The molecular formula is C10H18N2. The van der Waals surface area contributed by atoms with Gasteiger partial charge >= 0.3 is 0 Å². The van der Waals surface area contributed by atoms with Gasteiger partial charge in [-0.3, -0.25) is 0 Å². The van der Waals surface area contributed by atoms with Gasteiger partial charge < -0.3 is 5.32 Å². The quantitative estimate of drug-likeness (QED) is 0.695. The predicted octanol–water partition coefficient (Wildman–Crippen LogP) is 1.92. The Morgan fingerprint density at radius 3 is 2.42 bits per heavy atom. The van der Waals surface area contributed by atoms with E-state index in [-0.39, 0.29) is 5.92 Å². The fourth-order valence-corrected chi connectivity index (χ4v) is 1.51. The first-order valence-corrected chi connectivity index (χ1v) is 4.80. The molecule has 4 atom stereocenters. The number of hydrogen-bond donors (Lipinski definition) is 1.